The monoisotopic (exact) mass is 733 g/mol. The highest BCUT2D eigenvalue weighted by Gasteiger charge is 2.06. The van der Waals surface area contributed by atoms with Crippen LogP contribution in [0.3, 0.4) is 0 Å². The molecule has 0 aliphatic carbocycles. The second-order valence-corrected chi connectivity index (χ2v) is 15.3. The number of pyridine rings is 4. The minimum absolute atomic E-state index is 0. The molecule has 0 aliphatic heterocycles. The Labute approximate surface area is 332 Å². The second kappa shape index (κ2) is 30.0. The maximum atomic E-state index is 4.57. The maximum absolute atomic E-state index is 4.57. The van der Waals surface area contributed by atoms with Crippen LogP contribution in [0.2, 0.25) is 0 Å². The summed E-state index contributed by atoms with van der Waals surface area (Å²) >= 11 is 0. The summed E-state index contributed by atoms with van der Waals surface area (Å²) in [4.78, 5) is 17.5. The molecule has 0 amide bonds. The molecule has 0 unspecified atom stereocenters. The van der Waals surface area contributed by atoms with Gasteiger partial charge in [-0.3, -0.25) is 19.9 Å². The standard InChI is InChI=1S/4C11H17N.5CH4/c1-8(2)10-5-11(9(3)4)7-12-6-10;1-8(2)10-5-6-12-11(7-10)9(3)4;1-8(2)10-5-6-11(9(3)4)12-7-10;1-8(2)10-6-5-7-11(12-10)9(3)4;;;;;/h4*5-9H,1-4H3;5*1H4. The highest BCUT2D eigenvalue weighted by molar-refractivity contribution is 5.23. The van der Waals surface area contributed by atoms with Gasteiger partial charge in [-0.05, 0) is 99.9 Å². The van der Waals surface area contributed by atoms with Crippen molar-refractivity contribution in [2.24, 2.45) is 0 Å². The number of hydrogen-bond donors (Lipinski definition) is 0. The van der Waals surface area contributed by atoms with Crippen LogP contribution in [0.4, 0.5) is 0 Å². The molecule has 4 aromatic rings. The molecule has 0 fully saturated rings. The molecule has 4 rings (SSSR count). The Hall–Kier alpha value is -3.40. The summed E-state index contributed by atoms with van der Waals surface area (Å²) in [5, 5.41) is 0. The first-order valence-electron chi connectivity index (χ1n) is 18.3. The van der Waals surface area contributed by atoms with Crippen molar-refractivity contribution in [3.63, 3.8) is 0 Å². The molecular weight excluding hydrogens is 645 g/mol. The van der Waals surface area contributed by atoms with Crippen LogP contribution >= 0.6 is 0 Å². The molecule has 0 aromatic carbocycles. The smallest absolute Gasteiger partial charge is 0.0432 e. The van der Waals surface area contributed by atoms with Gasteiger partial charge in [0.2, 0.25) is 0 Å². The maximum Gasteiger partial charge on any atom is 0.0432 e. The molecule has 0 spiro atoms. The van der Waals surface area contributed by atoms with E-state index in [1.165, 1.54) is 45.0 Å². The van der Waals surface area contributed by atoms with Gasteiger partial charge in [0.1, 0.15) is 0 Å². The van der Waals surface area contributed by atoms with Gasteiger partial charge in [-0.15, -0.1) is 0 Å². The summed E-state index contributed by atoms with van der Waals surface area (Å²) in [7, 11) is 0. The third kappa shape index (κ3) is 22.4. The Kier molecular flexibility index (Phi) is 33.3. The highest BCUT2D eigenvalue weighted by atomic mass is 14.7. The molecule has 4 aromatic heterocycles. The molecule has 4 heteroatoms. The molecule has 0 radical (unpaired) electrons. The van der Waals surface area contributed by atoms with Gasteiger partial charge in [-0.2, -0.15) is 0 Å². The lowest BCUT2D eigenvalue weighted by Crippen LogP contribution is -1.98. The van der Waals surface area contributed by atoms with E-state index in [2.05, 4.69) is 179 Å². The lowest BCUT2D eigenvalue weighted by Gasteiger charge is -2.09. The predicted molar refractivity (Wildman–Crippen MR) is 243 cm³/mol. The number of nitrogens with zero attached hydrogens (tertiary/aromatic N) is 4. The Bertz CT molecular complexity index is 1200. The first kappa shape index (κ1) is 58.9. The van der Waals surface area contributed by atoms with Crippen molar-refractivity contribution in [1.82, 2.24) is 19.9 Å². The van der Waals surface area contributed by atoms with Crippen molar-refractivity contribution in [2.75, 3.05) is 0 Å². The molecule has 53 heavy (non-hydrogen) atoms. The molecule has 4 nitrogen and oxygen atoms in total. The van der Waals surface area contributed by atoms with Gasteiger partial charge < -0.3 is 0 Å². The topological polar surface area (TPSA) is 51.6 Å². The van der Waals surface area contributed by atoms with Gasteiger partial charge >= 0.3 is 0 Å². The van der Waals surface area contributed by atoms with Gasteiger partial charge in [0.25, 0.3) is 0 Å². The zero-order chi connectivity index (χ0) is 36.6. The molecule has 0 saturated carbocycles. The lowest BCUT2D eigenvalue weighted by molar-refractivity contribution is 0.765. The average Bonchev–Trinajstić information content (AvgIpc) is 3.05. The summed E-state index contributed by atoms with van der Waals surface area (Å²) in [5.41, 5.74) is 10.1. The third-order valence-corrected chi connectivity index (χ3v) is 8.22. The molecule has 0 atom stereocenters. The average molecular weight is 733 g/mol. The summed E-state index contributed by atoms with van der Waals surface area (Å²) < 4.78 is 0. The van der Waals surface area contributed by atoms with Crippen molar-refractivity contribution >= 4 is 0 Å². The molecule has 304 valence electrons. The summed E-state index contributed by atoms with van der Waals surface area (Å²) in [6.07, 6.45) is 7.80. The fourth-order valence-corrected chi connectivity index (χ4v) is 4.46. The van der Waals surface area contributed by atoms with E-state index in [4.69, 9.17) is 0 Å². The van der Waals surface area contributed by atoms with Crippen molar-refractivity contribution in [1.29, 1.82) is 0 Å². The fourth-order valence-electron chi connectivity index (χ4n) is 4.46. The Morgan fingerprint density at radius 1 is 0.340 bits per heavy atom. The summed E-state index contributed by atoms with van der Waals surface area (Å²) in [5.74, 6) is 4.47. The largest absolute Gasteiger partial charge is 0.264 e. The van der Waals surface area contributed by atoms with Crippen LogP contribution in [0.5, 0.6) is 0 Å². The summed E-state index contributed by atoms with van der Waals surface area (Å²) in [6, 6.07) is 17.1. The first-order chi connectivity index (χ1) is 22.4. The Morgan fingerprint density at radius 3 is 1.09 bits per heavy atom. The van der Waals surface area contributed by atoms with Gasteiger partial charge in [0, 0.05) is 47.6 Å². The van der Waals surface area contributed by atoms with Crippen LogP contribution in [0.15, 0.2) is 73.3 Å². The van der Waals surface area contributed by atoms with E-state index < -0.39 is 0 Å². The predicted octanol–water partition coefficient (Wildman–Crippen LogP) is 16.5. The van der Waals surface area contributed by atoms with Gasteiger partial charge in [0.05, 0.1) is 0 Å². The molecule has 0 aliphatic rings. The van der Waals surface area contributed by atoms with Gasteiger partial charge in [-0.25, -0.2) is 0 Å². The van der Waals surface area contributed by atoms with Gasteiger partial charge in [-0.1, -0.05) is 166 Å². The van der Waals surface area contributed by atoms with Crippen LogP contribution in [0, 0.1) is 0 Å². The van der Waals surface area contributed by atoms with Crippen LogP contribution in [-0.2, 0) is 0 Å². The van der Waals surface area contributed by atoms with E-state index >= 15 is 0 Å². The number of rotatable bonds is 8. The zero-order valence-electron chi connectivity index (χ0n) is 33.3. The van der Waals surface area contributed by atoms with E-state index in [1.807, 2.05) is 24.8 Å². The fraction of sp³-hybridized carbons (Fsp3) is 0.592. The van der Waals surface area contributed by atoms with E-state index in [-0.39, 0.29) is 37.1 Å². The minimum atomic E-state index is 0. The van der Waals surface area contributed by atoms with E-state index in [9.17, 15) is 0 Å². The number of hydrogen-bond acceptors (Lipinski definition) is 4. The lowest BCUT2D eigenvalue weighted by atomic mass is 9.99. The third-order valence-electron chi connectivity index (χ3n) is 8.22. The first-order valence-corrected chi connectivity index (χ1v) is 18.3. The van der Waals surface area contributed by atoms with Crippen molar-refractivity contribution in [2.45, 2.75) is 195 Å². The second-order valence-electron chi connectivity index (χ2n) is 15.3. The van der Waals surface area contributed by atoms with Crippen LogP contribution in [-0.4, -0.2) is 19.9 Å². The Morgan fingerprint density at radius 2 is 0.755 bits per heavy atom. The van der Waals surface area contributed by atoms with E-state index in [0.29, 0.717) is 47.3 Å². The zero-order valence-corrected chi connectivity index (χ0v) is 33.3. The van der Waals surface area contributed by atoms with E-state index in [0.717, 1.165) is 0 Å². The molecule has 0 saturated heterocycles. The number of aromatic nitrogens is 4. The van der Waals surface area contributed by atoms with E-state index in [1.54, 1.807) is 0 Å². The Balaban J connectivity index is -0.000000187. The highest BCUT2D eigenvalue weighted by Crippen LogP contribution is 2.20. The van der Waals surface area contributed by atoms with Crippen LogP contribution < -0.4 is 0 Å². The molecule has 0 bridgehead atoms. The quantitative estimate of drug-likeness (QED) is 0.181. The molecular formula is C49H88N4. The molecule has 4 heterocycles. The normalized spacial score (nSPS) is 10.1. The molecule has 0 N–H and O–H groups in total. The minimum Gasteiger partial charge on any atom is -0.264 e. The van der Waals surface area contributed by atoms with Gasteiger partial charge in [0.15, 0.2) is 0 Å². The SMILES string of the molecule is C.C.C.C.C.CC(C)c1ccc(C(C)C)nc1.CC(C)c1cccc(C(C)C)n1.CC(C)c1ccnc(C(C)C)c1.CC(C)c1cncc(C(C)C)c1. The summed E-state index contributed by atoms with van der Waals surface area (Å²) in [6.45, 7) is 34.9. The van der Waals surface area contributed by atoms with Crippen molar-refractivity contribution in [3.8, 4) is 0 Å². The van der Waals surface area contributed by atoms with Crippen LogP contribution in [0.25, 0.3) is 0 Å². The van der Waals surface area contributed by atoms with Crippen molar-refractivity contribution in [3.05, 3.63) is 118 Å². The van der Waals surface area contributed by atoms with Crippen molar-refractivity contribution < 1.29 is 0 Å². The van der Waals surface area contributed by atoms with Crippen LogP contribution in [0.1, 0.15) is 240 Å².